The fraction of sp³-hybridized carbons (Fsp3) is 0.318. The minimum absolute atomic E-state index is 0.166. The molecule has 0 saturated heterocycles. The van der Waals surface area contributed by atoms with Crippen molar-refractivity contribution in [1.82, 2.24) is 0 Å². The van der Waals surface area contributed by atoms with Crippen molar-refractivity contribution in [1.29, 1.82) is 0 Å². The van der Waals surface area contributed by atoms with Crippen molar-refractivity contribution in [2.45, 2.75) is 44.9 Å². The van der Waals surface area contributed by atoms with Crippen LogP contribution in [0.3, 0.4) is 0 Å². The second-order valence-corrected chi connectivity index (χ2v) is 8.17. The summed E-state index contributed by atoms with van der Waals surface area (Å²) >= 11 is 0. The Morgan fingerprint density at radius 2 is 1.55 bits per heavy atom. The largest absolute Gasteiger partial charge is 0.443 e. The lowest BCUT2D eigenvalue weighted by atomic mass is 9.84. The van der Waals surface area contributed by atoms with Crippen LogP contribution >= 0.6 is 0 Å². The fourth-order valence-electron chi connectivity index (χ4n) is 3.15. The van der Waals surface area contributed by atoms with Gasteiger partial charge in [-0.25, -0.2) is 9.69 Å². The Labute approximate surface area is 176 Å². The maximum atomic E-state index is 13.2. The number of anilines is 1. The van der Waals surface area contributed by atoms with E-state index in [9.17, 15) is 27.6 Å². The van der Waals surface area contributed by atoms with Crippen LogP contribution in [0.4, 0.5) is 23.7 Å². The smallest absolute Gasteiger partial charge is 0.421 e. The van der Waals surface area contributed by atoms with E-state index < -0.39 is 40.7 Å². The first kappa shape index (κ1) is 22.3. The van der Waals surface area contributed by atoms with Crippen LogP contribution < -0.4 is 9.64 Å². The number of ether oxygens (including phenoxy) is 2. The fourth-order valence-corrected chi connectivity index (χ4v) is 3.15. The number of nitrogens with zero attached hydrogens (tertiary/aromatic N) is 1. The van der Waals surface area contributed by atoms with E-state index in [2.05, 4.69) is 0 Å². The van der Waals surface area contributed by atoms with Gasteiger partial charge in [-0.1, -0.05) is 18.2 Å². The molecule has 0 saturated carbocycles. The van der Waals surface area contributed by atoms with E-state index in [1.54, 1.807) is 32.9 Å². The van der Waals surface area contributed by atoms with E-state index >= 15 is 0 Å². The summed E-state index contributed by atoms with van der Waals surface area (Å²) in [5.41, 5.74) is -3.28. The van der Waals surface area contributed by atoms with Gasteiger partial charge in [-0.15, -0.1) is 0 Å². The third-order valence-corrected chi connectivity index (χ3v) is 4.69. The van der Waals surface area contributed by atoms with Gasteiger partial charge >= 0.3 is 18.2 Å². The SMILES string of the molecule is CC(C)(C)OC(=O)N1C(=O)[C@](C)(C(=O)Oc2ccc(C(F)(F)F)cc2)c2ccccc21. The molecule has 0 aliphatic carbocycles. The molecule has 164 valence electrons. The maximum absolute atomic E-state index is 13.2. The number of halogens is 3. The van der Waals surface area contributed by atoms with E-state index in [1.165, 1.54) is 19.1 Å². The zero-order chi connectivity index (χ0) is 23.2. The average molecular weight is 435 g/mol. The molecule has 31 heavy (non-hydrogen) atoms. The summed E-state index contributed by atoms with van der Waals surface area (Å²) in [6, 6.07) is 9.69. The van der Waals surface area contributed by atoms with Gasteiger partial charge in [0.2, 0.25) is 0 Å². The number of benzene rings is 2. The Hall–Kier alpha value is -3.36. The molecule has 3 rings (SSSR count). The van der Waals surface area contributed by atoms with Crippen molar-refractivity contribution in [3.05, 3.63) is 59.7 Å². The van der Waals surface area contributed by atoms with E-state index in [0.717, 1.165) is 29.2 Å². The van der Waals surface area contributed by atoms with Gasteiger partial charge < -0.3 is 9.47 Å². The number of hydrogen-bond acceptors (Lipinski definition) is 5. The van der Waals surface area contributed by atoms with Gasteiger partial charge in [-0.2, -0.15) is 13.2 Å². The number of carbonyl (C=O) groups is 3. The number of hydrogen-bond donors (Lipinski definition) is 0. The van der Waals surface area contributed by atoms with Crippen LogP contribution in [0.2, 0.25) is 0 Å². The molecule has 2 amide bonds. The van der Waals surface area contributed by atoms with Gasteiger partial charge in [0.15, 0.2) is 5.41 Å². The lowest BCUT2D eigenvalue weighted by Crippen LogP contribution is -2.49. The summed E-state index contributed by atoms with van der Waals surface area (Å²) in [7, 11) is 0. The zero-order valence-electron chi connectivity index (χ0n) is 17.2. The van der Waals surface area contributed by atoms with Crippen LogP contribution in [0.1, 0.15) is 38.8 Å². The topological polar surface area (TPSA) is 72.9 Å². The van der Waals surface area contributed by atoms with E-state index in [1.807, 2.05) is 0 Å². The van der Waals surface area contributed by atoms with E-state index in [-0.39, 0.29) is 17.0 Å². The van der Waals surface area contributed by atoms with Crippen LogP contribution in [-0.4, -0.2) is 23.6 Å². The first-order chi connectivity index (χ1) is 14.2. The molecule has 0 unspecified atom stereocenters. The molecule has 0 radical (unpaired) electrons. The third kappa shape index (κ3) is 4.12. The molecule has 0 N–H and O–H groups in total. The highest BCUT2D eigenvalue weighted by atomic mass is 19.4. The molecule has 0 fully saturated rings. The van der Waals surface area contributed by atoms with E-state index in [4.69, 9.17) is 9.47 Å². The van der Waals surface area contributed by atoms with Gasteiger partial charge in [0, 0.05) is 5.56 Å². The molecular formula is C22H20F3NO5. The molecular weight excluding hydrogens is 415 g/mol. The summed E-state index contributed by atoms with van der Waals surface area (Å²) in [6.45, 7) is 6.20. The molecule has 0 bridgehead atoms. The highest BCUT2D eigenvalue weighted by Gasteiger charge is 2.56. The van der Waals surface area contributed by atoms with Gasteiger partial charge in [-0.3, -0.25) is 9.59 Å². The highest BCUT2D eigenvalue weighted by Crippen LogP contribution is 2.43. The number of fused-ring (bicyclic) bond motifs is 1. The Morgan fingerprint density at radius 3 is 2.10 bits per heavy atom. The van der Waals surface area contributed by atoms with Crippen LogP contribution in [0, 0.1) is 0 Å². The van der Waals surface area contributed by atoms with Crippen molar-refractivity contribution in [3.63, 3.8) is 0 Å². The summed E-state index contributed by atoms with van der Waals surface area (Å²) in [4.78, 5) is 39.6. The second-order valence-electron chi connectivity index (χ2n) is 8.17. The second kappa shape index (κ2) is 7.40. The molecule has 2 aromatic carbocycles. The first-order valence-electron chi connectivity index (χ1n) is 9.32. The predicted molar refractivity (Wildman–Crippen MR) is 105 cm³/mol. The van der Waals surface area contributed by atoms with Crippen LogP contribution in [0.15, 0.2) is 48.5 Å². The van der Waals surface area contributed by atoms with Crippen LogP contribution in [0.25, 0.3) is 0 Å². The first-order valence-corrected chi connectivity index (χ1v) is 9.32. The molecule has 0 spiro atoms. The Balaban J connectivity index is 1.94. The van der Waals surface area contributed by atoms with Gasteiger partial charge in [0.05, 0.1) is 11.3 Å². The monoisotopic (exact) mass is 435 g/mol. The minimum Gasteiger partial charge on any atom is -0.443 e. The van der Waals surface area contributed by atoms with Crippen molar-refractivity contribution >= 4 is 23.7 Å². The number of rotatable bonds is 2. The van der Waals surface area contributed by atoms with Crippen molar-refractivity contribution in [3.8, 4) is 5.75 Å². The number of esters is 1. The Morgan fingerprint density at radius 1 is 0.968 bits per heavy atom. The summed E-state index contributed by atoms with van der Waals surface area (Å²) in [6.07, 6.45) is -5.49. The Bertz CT molecular complexity index is 1040. The highest BCUT2D eigenvalue weighted by molar-refractivity contribution is 6.28. The van der Waals surface area contributed by atoms with Gasteiger partial charge in [-0.05, 0) is 58.0 Å². The molecule has 1 aliphatic rings. The molecule has 9 heteroatoms. The van der Waals surface area contributed by atoms with Gasteiger partial charge in [0.1, 0.15) is 11.4 Å². The van der Waals surface area contributed by atoms with Gasteiger partial charge in [0.25, 0.3) is 5.91 Å². The van der Waals surface area contributed by atoms with E-state index in [0.29, 0.717) is 0 Å². The lowest BCUT2D eigenvalue weighted by Gasteiger charge is -2.25. The number of para-hydroxylation sites is 1. The quantitative estimate of drug-likeness (QED) is 0.383. The van der Waals surface area contributed by atoms with Crippen LogP contribution in [-0.2, 0) is 25.9 Å². The number of alkyl halides is 3. The summed E-state index contributed by atoms with van der Waals surface area (Å²) < 4.78 is 48.7. The van der Waals surface area contributed by atoms with Crippen molar-refractivity contribution in [2.24, 2.45) is 0 Å². The van der Waals surface area contributed by atoms with Crippen LogP contribution in [0.5, 0.6) is 5.75 Å². The molecule has 6 nitrogen and oxygen atoms in total. The normalized spacial score (nSPS) is 18.5. The van der Waals surface area contributed by atoms with Crippen molar-refractivity contribution in [2.75, 3.05) is 4.90 Å². The summed E-state index contributed by atoms with van der Waals surface area (Å²) in [5, 5.41) is 0. The van der Waals surface area contributed by atoms with Crippen molar-refractivity contribution < 1.29 is 37.0 Å². The number of imide groups is 1. The number of carbonyl (C=O) groups excluding carboxylic acids is 3. The summed E-state index contributed by atoms with van der Waals surface area (Å²) in [5.74, 6) is -2.07. The predicted octanol–water partition coefficient (Wildman–Crippen LogP) is 4.85. The minimum atomic E-state index is -4.54. The third-order valence-electron chi connectivity index (χ3n) is 4.69. The molecule has 0 aromatic heterocycles. The lowest BCUT2D eigenvalue weighted by molar-refractivity contribution is -0.144. The molecule has 1 atom stereocenters. The Kier molecular flexibility index (Phi) is 5.33. The number of amides is 2. The zero-order valence-corrected chi connectivity index (χ0v) is 17.2. The standard InChI is InChI=1S/C22H20F3NO5/c1-20(2,3)31-19(29)26-16-8-6-5-7-15(16)21(4,17(26)27)18(28)30-14-11-9-13(10-12-14)22(23,24)25/h5-12H,1-4H3/t21-/m1/s1. The maximum Gasteiger partial charge on any atom is 0.421 e. The molecule has 1 heterocycles. The average Bonchev–Trinajstić information content (AvgIpc) is 2.89. The molecule has 1 aliphatic heterocycles. The molecule has 2 aromatic rings.